The van der Waals surface area contributed by atoms with Gasteiger partial charge in [0.2, 0.25) is 0 Å². The maximum absolute atomic E-state index is 5.94. The maximum Gasteiger partial charge on any atom is 0.0547 e. The van der Waals surface area contributed by atoms with Crippen LogP contribution in [-0.4, -0.2) is 68.3 Å². The Hall–Kier alpha value is -0.160. The number of hydrogen-bond acceptors (Lipinski definition) is 4. The fourth-order valence-corrected chi connectivity index (χ4v) is 2.91. The van der Waals surface area contributed by atoms with Gasteiger partial charge in [0, 0.05) is 57.3 Å². The molecule has 0 aromatic heterocycles. The molecule has 4 nitrogen and oxygen atoms in total. The molecular formula is C13H27N3O. The minimum atomic E-state index is 0.236. The van der Waals surface area contributed by atoms with E-state index in [0.29, 0.717) is 6.04 Å². The Morgan fingerprint density at radius 2 is 1.94 bits per heavy atom. The van der Waals surface area contributed by atoms with Crippen LogP contribution in [0.15, 0.2) is 0 Å². The van der Waals surface area contributed by atoms with Gasteiger partial charge in [-0.1, -0.05) is 0 Å². The minimum absolute atomic E-state index is 0.236. The summed E-state index contributed by atoms with van der Waals surface area (Å²) >= 11 is 0. The molecule has 4 heteroatoms. The normalized spacial score (nSPS) is 32.5. The number of nitrogens with zero attached hydrogens (tertiary/aromatic N) is 2. The Morgan fingerprint density at radius 1 is 1.24 bits per heavy atom. The molecule has 0 saturated carbocycles. The van der Waals surface area contributed by atoms with Gasteiger partial charge in [-0.05, 0) is 20.3 Å². The van der Waals surface area contributed by atoms with Crippen LogP contribution in [0, 0.1) is 5.41 Å². The zero-order chi connectivity index (χ0) is 12.3. The van der Waals surface area contributed by atoms with Crippen LogP contribution < -0.4 is 5.73 Å². The number of piperazine rings is 1. The minimum Gasteiger partial charge on any atom is -0.381 e. The van der Waals surface area contributed by atoms with Crippen LogP contribution in [0.3, 0.4) is 0 Å². The first-order valence-electron chi connectivity index (χ1n) is 6.89. The molecule has 2 aliphatic rings. The summed E-state index contributed by atoms with van der Waals surface area (Å²) in [7, 11) is 0. The second-order valence-electron chi connectivity index (χ2n) is 5.91. The van der Waals surface area contributed by atoms with Gasteiger partial charge in [0.1, 0.15) is 0 Å². The van der Waals surface area contributed by atoms with E-state index in [1.807, 2.05) is 0 Å². The lowest BCUT2D eigenvalue weighted by Crippen LogP contribution is -2.53. The predicted octanol–water partition coefficient (Wildman–Crippen LogP) is 0.378. The highest BCUT2D eigenvalue weighted by atomic mass is 16.5. The van der Waals surface area contributed by atoms with Crippen LogP contribution in [0.2, 0.25) is 0 Å². The third-order valence-corrected chi connectivity index (χ3v) is 4.31. The molecule has 0 spiro atoms. The average molecular weight is 241 g/mol. The molecule has 0 bridgehead atoms. The smallest absolute Gasteiger partial charge is 0.0547 e. The van der Waals surface area contributed by atoms with Crippen LogP contribution >= 0.6 is 0 Å². The van der Waals surface area contributed by atoms with Crippen molar-refractivity contribution in [3.05, 3.63) is 0 Å². The fourth-order valence-electron chi connectivity index (χ4n) is 2.91. The van der Waals surface area contributed by atoms with E-state index in [0.717, 1.165) is 32.7 Å². The van der Waals surface area contributed by atoms with E-state index in [1.165, 1.54) is 26.2 Å². The predicted molar refractivity (Wildman–Crippen MR) is 70.1 cm³/mol. The van der Waals surface area contributed by atoms with Gasteiger partial charge in [0.25, 0.3) is 0 Å². The number of hydrogen-bond donors (Lipinski definition) is 1. The van der Waals surface area contributed by atoms with Crippen molar-refractivity contribution in [3.8, 4) is 0 Å². The lowest BCUT2D eigenvalue weighted by atomic mass is 9.86. The van der Waals surface area contributed by atoms with E-state index in [9.17, 15) is 0 Å². The van der Waals surface area contributed by atoms with E-state index in [1.54, 1.807) is 0 Å². The van der Waals surface area contributed by atoms with Gasteiger partial charge in [0.15, 0.2) is 0 Å². The Balaban J connectivity index is 1.81. The van der Waals surface area contributed by atoms with Crippen LogP contribution in [0.5, 0.6) is 0 Å². The Morgan fingerprint density at radius 3 is 2.41 bits per heavy atom. The molecule has 0 aromatic rings. The van der Waals surface area contributed by atoms with Gasteiger partial charge in [0.05, 0.1) is 6.61 Å². The number of rotatable bonds is 4. The van der Waals surface area contributed by atoms with Crippen molar-refractivity contribution < 1.29 is 4.74 Å². The summed E-state index contributed by atoms with van der Waals surface area (Å²) in [5, 5.41) is 0. The Labute approximate surface area is 105 Å². The fraction of sp³-hybridized carbons (Fsp3) is 1.00. The van der Waals surface area contributed by atoms with E-state index in [-0.39, 0.29) is 5.41 Å². The summed E-state index contributed by atoms with van der Waals surface area (Å²) in [5.41, 5.74) is 6.18. The first-order chi connectivity index (χ1) is 8.15. The van der Waals surface area contributed by atoms with Crippen LogP contribution in [0.1, 0.15) is 20.3 Å². The summed E-state index contributed by atoms with van der Waals surface area (Å²) in [4.78, 5) is 5.12. The molecular weight excluding hydrogens is 214 g/mol. The first-order valence-corrected chi connectivity index (χ1v) is 6.89. The van der Waals surface area contributed by atoms with E-state index in [2.05, 4.69) is 23.6 Å². The van der Waals surface area contributed by atoms with Gasteiger partial charge < -0.3 is 15.4 Å². The average Bonchev–Trinajstić information content (AvgIpc) is 2.79. The molecule has 17 heavy (non-hydrogen) atoms. The molecule has 2 rings (SSSR count). The lowest BCUT2D eigenvalue weighted by Gasteiger charge is -2.40. The van der Waals surface area contributed by atoms with E-state index < -0.39 is 0 Å². The van der Waals surface area contributed by atoms with Crippen LogP contribution in [-0.2, 0) is 4.74 Å². The van der Waals surface area contributed by atoms with Crippen molar-refractivity contribution in [2.24, 2.45) is 11.1 Å². The molecule has 2 heterocycles. The van der Waals surface area contributed by atoms with E-state index >= 15 is 0 Å². The molecule has 2 fully saturated rings. The monoisotopic (exact) mass is 241 g/mol. The van der Waals surface area contributed by atoms with Crippen molar-refractivity contribution in [2.75, 3.05) is 52.5 Å². The number of ether oxygens (including phenoxy) is 1. The van der Waals surface area contributed by atoms with Crippen molar-refractivity contribution in [1.82, 2.24) is 9.80 Å². The molecule has 0 amide bonds. The molecule has 1 atom stereocenters. The second kappa shape index (κ2) is 5.65. The van der Waals surface area contributed by atoms with Gasteiger partial charge in [-0.15, -0.1) is 0 Å². The van der Waals surface area contributed by atoms with Gasteiger partial charge in [-0.3, -0.25) is 4.90 Å². The Kier molecular flexibility index (Phi) is 4.42. The third-order valence-electron chi connectivity index (χ3n) is 4.31. The molecule has 100 valence electrons. The number of nitrogens with two attached hydrogens (primary N) is 1. The summed E-state index contributed by atoms with van der Waals surface area (Å²) in [6.45, 7) is 12.9. The molecule has 1 unspecified atom stereocenters. The highest BCUT2D eigenvalue weighted by molar-refractivity contribution is 4.89. The quantitative estimate of drug-likeness (QED) is 0.772. The summed E-state index contributed by atoms with van der Waals surface area (Å²) in [6, 6.07) is 0.676. The largest absolute Gasteiger partial charge is 0.381 e. The second-order valence-corrected chi connectivity index (χ2v) is 5.91. The summed E-state index contributed by atoms with van der Waals surface area (Å²) in [5.74, 6) is 0. The molecule has 2 aliphatic heterocycles. The molecule has 0 aliphatic carbocycles. The van der Waals surface area contributed by atoms with Crippen molar-refractivity contribution in [1.29, 1.82) is 0 Å². The van der Waals surface area contributed by atoms with Crippen molar-refractivity contribution in [3.63, 3.8) is 0 Å². The standard InChI is InChI=1S/C13H27N3O/c1-12(2)16-6-4-15(5-7-16)10-13(9-14)3-8-17-11-13/h12H,3-11,14H2,1-2H3. The van der Waals surface area contributed by atoms with E-state index in [4.69, 9.17) is 10.5 Å². The zero-order valence-electron chi connectivity index (χ0n) is 11.3. The van der Waals surface area contributed by atoms with Gasteiger partial charge >= 0.3 is 0 Å². The van der Waals surface area contributed by atoms with Crippen molar-refractivity contribution in [2.45, 2.75) is 26.3 Å². The first kappa shape index (κ1) is 13.3. The summed E-state index contributed by atoms with van der Waals surface area (Å²) in [6.07, 6.45) is 1.13. The van der Waals surface area contributed by atoms with Crippen LogP contribution in [0.25, 0.3) is 0 Å². The molecule has 2 N–H and O–H groups in total. The highest BCUT2D eigenvalue weighted by Crippen LogP contribution is 2.28. The van der Waals surface area contributed by atoms with Crippen LogP contribution in [0.4, 0.5) is 0 Å². The van der Waals surface area contributed by atoms with Gasteiger partial charge in [-0.2, -0.15) is 0 Å². The Bertz CT molecular complexity index is 231. The molecule has 0 radical (unpaired) electrons. The third kappa shape index (κ3) is 3.19. The van der Waals surface area contributed by atoms with Gasteiger partial charge in [-0.25, -0.2) is 0 Å². The van der Waals surface area contributed by atoms with Crippen molar-refractivity contribution >= 4 is 0 Å². The molecule has 2 saturated heterocycles. The topological polar surface area (TPSA) is 41.7 Å². The lowest BCUT2D eigenvalue weighted by molar-refractivity contribution is 0.0642. The highest BCUT2D eigenvalue weighted by Gasteiger charge is 2.36. The zero-order valence-corrected chi connectivity index (χ0v) is 11.3. The molecule has 0 aromatic carbocycles. The maximum atomic E-state index is 5.94. The summed E-state index contributed by atoms with van der Waals surface area (Å²) < 4.78 is 5.54. The SMILES string of the molecule is CC(C)N1CCN(CC2(CN)CCOC2)CC1.